The van der Waals surface area contributed by atoms with Gasteiger partial charge in [0, 0.05) is 11.1 Å². The standard InChI is InChI=1S/C22H27BN2O/c1-16-18(12-9-13-19(16)23)21(26)24-20(17-10-5-4-6-11-17)22(2,3)25-14-7-8-15-25/h4-6,9-13,20H,7-8,14-15H2,1-3H3,(H,24,26). The van der Waals surface area contributed by atoms with Crippen LogP contribution in [0.25, 0.3) is 0 Å². The molecular formula is C22H27BN2O. The van der Waals surface area contributed by atoms with Gasteiger partial charge in [-0.25, -0.2) is 0 Å². The Kier molecular flexibility index (Phi) is 5.52. The fourth-order valence-corrected chi connectivity index (χ4v) is 3.90. The number of likely N-dealkylation sites (tertiary alicyclic amines) is 1. The summed E-state index contributed by atoms with van der Waals surface area (Å²) in [6.45, 7) is 8.49. The number of rotatable bonds is 5. The fraction of sp³-hybridized carbons (Fsp3) is 0.409. The second-order valence-corrected chi connectivity index (χ2v) is 7.68. The van der Waals surface area contributed by atoms with Crippen LogP contribution in [0.15, 0.2) is 48.5 Å². The van der Waals surface area contributed by atoms with Crippen LogP contribution < -0.4 is 10.8 Å². The van der Waals surface area contributed by atoms with Crippen molar-refractivity contribution in [3.05, 3.63) is 65.2 Å². The first-order valence-corrected chi connectivity index (χ1v) is 9.37. The number of carbonyl (C=O) groups is 1. The topological polar surface area (TPSA) is 32.3 Å². The average Bonchev–Trinajstić information content (AvgIpc) is 3.18. The lowest BCUT2D eigenvalue weighted by atomic mass is 9.85. The predicted molar refractivity (Wildman–Crippen MR) is 108 cm³/mol. The molecule has 0 aliphatic carbocycles. The van der Waals surface area contributed by atoms with Crippen molar-refractivity contribution in [3.63, 3.8) is 0 Å². The van der Waals surface area contributed by atoms with Crippen LogP contribution in [0.4, 0.5) is 0 Å². The van der Waals surface area contributed by atoms with Crippen LogP contribution in [0.1, 0.15) is 54.2 Å². The molecule has 1 aliphatic rings. The van der Waals surface area contributed by atoms with Gasteiger partial charge in [0.2, 0.25) is 0 Å². The zero-order valence-electron chi connectivity index (χ0n) is 16.0. The maximum Gasteiger partial charge on any atom is 0.252 e. The summed E-state index contributed by atoms with van der Waals surface area (Å²) in [5, 5.41) is 3.30. The van der Waals surface area contributed by atoms with E-state index in [9.17, 15) is 4.79 Å². The van der Waals surface area contributed by atoms with Gasteiger partial charge in [-0.15, -0.1) is 0 Å². The second kappa shape index (κ2) is 7.67. The quantitative estimate of drug-likeness (QED) is 0.844. The van der Waals surface area contributed by atoms with Gasteiger partial charge in [0.15, 0.2) is 0 Å². The molecule has 0 saturated carbocycles. The highest BCUT2D eigenvalue weighted by atomic mass is 16.1. The minimum atomic E-state index is -0.179. The van der Waals surface area contributed by atoms with Crippen molar-refractivity contribution in [1.29, 1.82) is 0 Å². The lowest BCUT2D eigenvalue weighted by Gasteiger charge is -2.42. The van der Waals surface area contributed by atoms with Crippen LogP contribution in [-0.4, -0.2) is 37.3 Å². The Morgan fingerprint density at radius 1 is 1.08 bits per heavy atom. The predicted octanol–water partition coefficient (Wildman–Crippen LogP) is 3.13. The van der Waals surface area contributed by atoms with E-state index in [2.05, 4.69) is 36.2 Å². The molecule has 2 aromatic rings. The molecule has 1 unspecified atom stereocenters. The van der Waals surface area contributed by atoms with Gasteiger partial charge < -0.3 is 5.32 Å². The van der Waals surface area contributed by atoms with Crippen LogP contribution in [0.5, 0.6) is 0 Å². The normalized spacial score (nSPS) is 16.4. The molecule has 3 rings (SSSR count). The van der Waals surface area contributed by atoms with Gasteiger partial charge in [0.25, 0.3) is 5.91 Å². The molecule has 1 fully saturated rings. The summed E-state index contributed by atoms with van der Waals surface area (Å²) in [4.78, 5) is 15.6. The highest BCUT2D eigenvalue weighted by Gasteiger charge is 2.38. The molecule has 1 amide bonds. The summed E-state index contributed by atoms with van der Waals surface area (Å²) in [5.74, 6) is -0.0732. The van der Waals surface area contributed by atoms with Crippen LogP contribution in [0.2, 0.25) is 0 Å². The minimum absolute atomic E-state index is 0.0732. The Labute approximate surface area is 158 Å². The molecule has 4 heteroatoms. The summed E-state index contributed by atoms with van der Waals surface area (Å²) in [7, 11) is 6.00. The first kappa shape index (κ1) is 18.7. The molecule has 2 aromatic carbocycles. The van der Waals surface area contributed by atoms with Crippen molar-refractivity contribution < 1.29 is 4.79 Å². The second-order valence-electron chi connectivity index (χ2n) is 7.68. The van der Waals surface area contributed by atoms with Crippen molar-refractivity contribution in [2.45, 2.75) is 45.2 Å². The summed E-state index contributed by atoms with van der Waals surface area (Å²) < 4.78 is 0. The molecule has 2 radical (unpaired) electrons. The number of benzene rings is 2. The number of nitrogens with zero attached hydrogens (tertiary/aromatic N) is 1. The van der Waals surface area contributed by atoms with E-state index >= 15 is 0 Å². The number of nitrogens with one attached hydrogen (secondary N) is 1. The molecule has 1 saturated heterocycles. The van der Waals surface area contributed by atoms with E-state index in [0.717, 1.165) is 24.2 Å². The Morgan fingerprint density at radius 2 is 1.73 bits per heavy atom. The summed E-state index contributed by atoms with van der Waals surface area (Å²) in [5.41, 5.74) is 3.06. The minimum Gasteiger partial charge on any atom is -0.343 e. The zero-order valence-corrected chi connectivity index (χ0v) is 16.0. The summed E-state index contributed by atoms with van der Waals surface area (Å²) >= 11 is 0. The third-order valence-corrected chi connectivity index (χ3v) is 5.66. The van der Waals surface area contributed by atoms with E-state index in [4.69, 9.17) is 7.85 Å². The molecule has 0 bridgehead atoms. The van der Waals surface area contributed by atoms with Gasteiger partial charge in [-0.05, 0) is 63.9 Å². The Hall–Kier alpha value is -2.07. The zero-order chi connectivity index (χ0) is 18.7. The Balaban J connectivity index is 1.93. The number of hydrogen-bond acceptors (Lipinski definition) is 2. The Bertz CT molecular complexity index is 767. The highest BCUT2D eigenvalue weighted by molar-refractivity contribution is 6.33. The summed E-state index contributed by atoms with van der Waals surface area (Å²) in [6, 6.07) is 15.6. The molecular weight excluding hydrogens is 319 g/mol. The Morgan fingerprint density at radius 3 is 2.38 bits per heavy atom. The van der Waals surface area contributed by atoms with E-state index in [-0.39, 0.29) is 17.5 Å². The molecule has 134 valence electrons. The first-order valence-electron chi connectivity index (χ1n) is 9.37. The van der Waals surface area contributed by atoms with Gasteiger partial charge in [0.05, 0.1) is 6.04 Å². The van der Waals surface area contributed by atoms with E-state index in [1.54, 1.807) is 0 Å². The average molecular weight is 346 g/mol. The van der Waals surface area contributed by atoms with E-state index in [1.807, 2.05) is 43.3 Å². The van der Waals surface area contributed by atoms with Crippen molar-refractivity contribution in [1.82, 2.24) is 10.2 Å². The lowest BCUT2D eigenvalue weighted by Crippen LogP contribution is -2.52. The molecule has 0 aromatic heterocycles. The molecule has 0 spiro atoms. The van der Waals surface area contributed by atoms with Gasteiger partial charge in [-0.1, -0.05) is 47.9 Å². The molecule has 1 atom stereocenters. The monoisotopic (exact) mass is 346 g/mol. The number of carbonyl (C=O) groups excluding carboxylic acids is 1. The maximum atomic E-state index is 13.1. The van der Waals surface area contributed by atoms with Crippen LogP contribution in [0, 0.1) is 6.92 Å². The van der Waals surface area contributed by atoms with Crippen molar-refractivity contribution in [2.24, 2.45) is 0 Å². The van der Waals surface area contributed by atoms with Gasteiger partial charge in [-0.3, -0.25) is 9.69 Å². The molecule has 1 heterocycles. The van der Waals surface area contributed by atoms with Gasteiger partial charge in [-0.2, -0.15) is 0 Å². The van der Waals surface area contributed by atoms with E-state index < -0.39 is 0 Å². The molecule has 1 N–H and O–H groups in total. The van der Waals surface area contributed by atoms with Crippen molar-refractivity contribution in [2.75, 3.05) is 13.1 Å². The number of hydrogen-bond donors (Lipinski definition) is 1. The van der Waals surface area contributed by atoms with Crippen LogP contribution in [0.3, 0.4) is 0 Å². The van der Waals surface area contributed by atoms with Crippen molar-refractivity contribution in [3.8, 4) is 0 Å². The fourth-order valence-electron chi connectivity index (χ4n) is 3.90. The van der Waals surface area contributed by atoms with Crippen LogP contribution >= 0.6 is 0 Å². The van der Waals surface area contributed by atoms with E-state index in [1.165, 1.54) is 12.8 Å². The smallest absolute Gasteiger partial charge is 0.252 e. The molecule has 1 aliphatic heterocycles. The lowest BCUT2D eigenvalue weighted by molar-refractivity contribution is 0.0778. The van der Waals surface area contributed by atoms with Crippen molar-refractivity contribution >= 4 is 19.2 Å². The third kappa shape index (κ3) is 3.71. The largest absolute Gasteiger partial charge is 0.343 e. The van der Waals surface area contributed by atoms with E-state index in [0.29, 0.717) is 11.0 Å². The highest BCUT2D eigenvalue weighted by Crippen LogP contribution is 2.34. The van der Waals surface area contributed by atoms with Gasteiger partial charge >= 0.3 is 0 Å². The number of amides is 1. The maximum absolute atomic E-state index is 13.1. The molecule has 26 heavy (non-hydrogen) atoms. The molecule has 3 nitrogen and oxygen atoms in total. The van der Waals surface area contributed by atoms with Crippen LogP contribution in [-0.2, 0) is 0 Å². The first-order chi connectivity index (χ1) is 12.4. The van der Waals surface area contributed by atoms with Gasteiger partial charge in [0.1, 0.15) is 7.85 Å². The summed E-state index contributed by atoms with van der Waals surface area (Å²) in [6.07, 6.45) is 2.43. The third-order valence-electron chi connectivity index (χ3n) is 5.66. The SMILES string of the molecule is [B]c1cccc(C(=O)NC(c2ccccc2)C(C)(C)N2CCCC2)c1C.